The van der Waals surface area contributed by atoms with E-state index in [2.05, 4.69) is 0 Å². The van der Waals surface area contributed by atoms with Crippen molar-refractivity contribution in [1.82, 2.24) is 0 Å². The number of rotatable bonds is 2. The van der Waals surface area contributed by atoms with E-state index in [9.17, 15) is 15.3 Å². The van der Waals surface area contributed by atoms with Crippen LogP contribution in [0, 0.1) is 0 Å². The first kappa shape index (κ1) is 11.6. The summed E-state index contributed by atoms with van der Waals surface area (Å²) >= 11 is 2.03. The predicted molar refractivity (Wildman–Crippen MR) is 52.6 cm³/mol. The van der Waals surface area contributed by atoms with Gasteiger partial charge in [0.1, 0.15) is 18.3 Å². The number of aliphatic hydroxyl groups excluding tert-OH is 3. The third kappa shape index (κ3) is 2.31. The molecule has 1 aliphatic rings. The Labute approximate surface area is 89.8 Å². The van der Waals surface area contributed by atoms with E-state index in [0.29, 0.717) is 4.43 Å². The van der Waals surface area contributed by atoms with E-state index in [0.717, 1.165) is 0 Å². The van der Waals surface area contributed by atoms with E-state index in [4.69, 9.17) is 9.47 Å². The van der Waals surface area contributed by atoms with Gasteiger partial charge < -0.3 is 24.8 Å². The van der Waals surface area contributed by atoms with Gasteiger partial charge in [0.15, 0.2) is 6.29 Å². The molecule has 0 spiro atoms. The van der Waals surface area contributed by atoms with Crippen molar-refractivity contribution < 1.29 is 24.8 Å². The van der Waals surface area contributed by atoms with Crippen LogP contribution in [0.4, 0.5) is 0 Å². The maximum absolute atomic E-state index is 9.43. The highest BCUT2D eigenvalue weighted by Crippen LogP contribution is 2.22. The monoisotopic (exact) mass is 301 g/mol. The van der Waals surface area contributed by atoms with Gasteiger partial charge >= 0.3 is 0 Å². The number of hydrogen-bond donors (Lipinski definition) is 3. The summed E-state index contributed by atoms with van der Waals surface area (Å²) < 4.78 is 10.5. The van der Waals surface area contributed by atoms with E-state index in [1.807, 2.05) is 22.6 Å². The molecule has 0 aromatic rings. The van der Waals surface area contributed by atoms with Crippen molar-refractivity contribution in [2.24, 2.45) is 0 Å². The molecule has 1 rings (SSSR count). The van der Waals surface area contributed by atoms with E-state index >= 15 is 0 Å². The number of halogens is 1. The molecule has 13 heavy (non-hydrogen) atoms. The maximum atomic E-state index is 9.43. The average molecular weight is 301 g/mol. The Morgan fingerprint density at radius 1 is 1.23 bits per heavy atom. The SMILES string of the molecule is COC1O[C@H](C[124I])[C@@H](O)[C@H](O)[C@@H]1O. The Balaban J connectivity index is 2.66. The molecule has 5 nitrogen and oxygen atoms in total. The van der Waals surface area contributed by atoms with Crippen LogP contribution in [0.1, 0.15) is 0 Å². The zero-order valence-corrected chi connectivity index (χ0v) is 9.29. The molecule has 1 fully saturated rings. The third-order valence-corrected chi connectivity index (χ3v) is 2.92. The Morgan fingerprint density at radius 3 is 2.31 bits per heavy atom. The zero-order chi connectivity index (χ0) is 10.0. The van der Waals surface area contributed by atoms with Crippen molar-refractivity contribution in [3.63, 3.8) is 0 Å². The summed E-state index contributed by atoms with van der Waals surface area (Å²) in [5.41, 5.74) is 0. The summed E-state index contributed by atoms with van der Waals surface area (Å²) in [6.45, 7) is 0. The number of aliphatic hydroxyl groups is 3. The highest BCUT2D eigenvalue weighted by Gasteiger charge is 2.43. The molecule has 1 saturated heterocycles. The number of methoxy groups -OCH3 is 1. The van der Waals surface area contributed by atoms with Gasteiger partial charge in [-0.05, 0) is 0 Å². The van der Waals surface area contributed by atoms with Crippen LogP contribution >= 0.6 is 22.6 Å². The van der Waals surface area contributed by atoms with Crippen molar-refractivity contribution in [2.75, 3.05) is 11.5 Å². The summed E-state index contributed by atoms with van der Waals surface area (Å²) in [7, 11) is 1.38. The topological polar surface area (TPSA) is 79.2 Å². The van der Waals surface area contributed by atoms with Crippen LogP contribution in [0.25, 0.3) is 0 Å². The lowest BCUT2D eigenvalue weighted by molar-refractivity contribution is -0.284. The van der Waals surface area contributed by atoms with Crippen molar-refractivity contribution in [3.05, 3.63) is 0 Å². The van der Waals surface area contributed by atoms with Gasteiger partial charge in [-0.15, -0.1) is 0 Å². The van der Waals surface area contributed by atoms with E-state index in [1.165, 1.54) is 7.11 Å². The van der Waals surface area contributed by atoms with Crippen LogP contribution in [0.3, 0.4) is 0 Å². The molecule has 0 aromatic heterocycles. The molecule has 0 aromatic carbocycles. The number of hydrogen-bond acceptors (Lipinski definition) is 5. The Kier molecular flexibility index (Phi) is 4.33. The van der Waals surface area contributed by atoms with Gasteiger partial charge in [0, 0.05) is 11.5 Å². The average Bonchev–Trinajstić information content (AvgIpc) is 2.15. The standard InChI is InChI=1S/C7H13IO5/c1-12-7-6(11)5(10)4(9)3(2-8)13-7/h3-7,9-11H,2H2,1H3/t3-,4-,5+,6+,7?/m1/s1/i8-3. The molecule has 5 atom stereocenters. The minimum Gasteiger partial charge on any atom is -0.388 e. The summed E-state index contributed by atoms with van der Waals surface area (Å²) in [4.78, 5) is 0. The van der Waals surface area contributed by atoms with Gasteiger partial charge in [0.2, 0.25) is 0 Å². The van der Waals surface area contributed by atoms with Crippen LogP contribution in [-0.2, 0) is 9.47 Å². The molecule has 1 unspecified atom stereocenters. The lowest BCUT2D eigenvalue weighted by atomic mass is 10.0. The van der Waals surface area contributed by atoms with Crippen LogP contribution in [0.5, 0.6) is 0 Å². The quantitative estimate of drug-likeness (QED) is 0.445. The number of alkyl halides is 1. The molecule has 0 aliphatic carbocycles. The highest BCUT2D eigenvalue weighted by atomic mass is 124. The second-order valence-corrected chi connectivity index (χ2v) is 3.79. The lowest BCUT2D eigenvalue weighted by Crippen LogP contribution is -2.58. The van der Waals surface area contributed by atoms with Crippen LogP contribution in [0.2, 0.25) is 0 Å². The summed E-state index contributed by atoms with van der Waals surface area (Å²) in [6.07, 6.45) is -4.82. The molecule has 0 radical (unpaired) electrons. The molecule has 78 valence electrons. The fourth-order valence-electron chi connectivity index (χ4n) is 1.24. The fourth-order valence-corrected chi connectivity index (χ4v) is 1.97. The molecule has 6 heteroatoms. The fraction of sp³-hybridized carbons (Fsp3) is 1.00. The molecule has 0 amide bonds. The van der Waals surface area contributed by atoms with Gasteiger partial charge in [-0.3, -0.25) is 0 Å². The molecular weight excluding hydrogens is 288 g/mol. The van der Waals surface area contributed by atoms with E-state index in [1.54, 1.807) is 0 Å². The van der Waals surface area contributed by atoms with Crippen molar-refractivity contribution in [3.8, 4) is 0 Å². The Hall–Kier alpha value is 0.530. The van der Waals surface area contributed by atoms with Gasteiger partial charge in [-0.1, -0.05) is 22.6 Å². The van der Waals surface area contributed by atoms with Crippen molar-refractivity contribution >= 4 is 22.6 Å². The van der Waals surface area contributed by atoms with Gasteiger partial charge in [-0.2, -0.15) is 0 Å². The molecule has 1 heterocycles. The largest absolute Gasteiger partial charge is 0.388 e. The molecule has 3 N–H and O–H groups in total. The van der Waals surface area contributed by atoms with Gasteiger partial charge in [0.25, 0.3) is 0 Å². The van der Waals surface area contributed by atoms with Crippen molar-refractivity contribution in [2.45, 2.75) is 30.7 Å². The first-order chi connectivity index (χ1) is 6.11. The van der Waals surface area contributed by atoms with Crippen molar-refractivity contribution in [1.29, 1.82) is 0 Å². The van der Waals surface area contributed by atoms with E-state index < -0.39 is 30.7 Å². The normalized spacial score (nSPS) is 46.4. The van der Waals surface area contributed by atoms with Crippen LogP contribution in [-0.4, -0.2) is 57.6 Å². The third-order valence-electron chi connectivity index (χ3n) is 2.05. The summed E-state index contributed by atoms with van der Waals surface area (Å²) in [5, 5.41) is 28.2. The maximum Gasteiger partial charge on any atom is 0.186 e. The van der Waals surface area contributed by atoms with Crippen LogP contribution in [0.15, 0.2) is 0 Å². The van der Waals surface area contributed by atoms with Gasteiger partial charge in [0.05, 0.1) is 6.10 Å². The Morgan fingerprint density at radius 2 is 1.85 bits per heavy atom. The zero-order valence-electron chi connectivity index (χ0n) is 7.13. The van der Waals surface area contributed by atoms with E-state index in [-0.39, 0.29) is 0 Å². The number of ether oxygens (including phenoxy) is 2. The first-order valence-corrected chi connectivity index (χ1v) is 5.42. The second kappa shape index (κ2) is 4.85. The molecular formula is C7H13IO5. The summed E-state index contributed by atoms with van der Waals surface area (Å²) in [5.74, 6) is 0. The lowest BCUT2D eigenvalue weighted by Gasteiger charge is -2.39. The second-order valence-electron chi connectivity index (χ2n) is 2.90. The molecule has 0 saturated carbocycles. The molecule has 0 bridgehead atoms. The van der Waals surface area contributed by atoms with Gasteiger partial charge in [-0.25, -0.2) is 0 Å². The summed E-state index contributed by atoms with van der Waals surface area (Å²) in [6, 6.07) is 0. The predicted octanol–water partition coefficient (Wildman–Crippen LogP) is -1.12. The van der Waals surface area contributed by atoms with Crippen LogP contribution < -0.4 is 0 Å². The minimum atomic E-state index is -1.21. The minimum absolute atomic E-state index is 0.496. The first-order valence-electron chi connectivity index (χ1n) is 3.90. The highest BCUT2D eigenvalue weighted by molar-refractivity contribution is 14.1. The molecule has 1 aliphatic heterocycles. The Bertz CT molecular complexity index is 147. The smallest absolute Gasteiger partial charge is 0.186 e.